The van der Waals surface area contributed by atoms with Crippen LogP contribution in [0.15, 0.2) is 42.5 Å². The summed E-state index contributed by atoms with van der Waals surface area (Å²) >= 11 is 0. The molecule has 0 aromatic heterocycles. The van der Waals surface area contributed by atoms with Crippen LogP contribution in [0.1, 0.15) is 57.1 Å². The van der Waals surface area contributed by atoms with Crippen molar-refractivity contribution in [1.82, 2.24) is 15.1 Å². The van der Waals surface area contributed by atoms with Crippen LogP contribution in [-0.2, 0) is 17.4 Å². The fourth-order valence-electron chi connectivity index (χ4n) is 5.64. The molecule has 5 amide bonds. The van der Waals surface area contributed by atoms with Crippen LogP contribution in [0.25, 0.3) is 0 Å². The van der Waals surface area contributed by atoms with Crippen molar-refractivity contribution in [1.29, 1.82) is 0 Å². The SMILES string of the molecule is C[C@H]1CN([C@@H](C)CO)C(=O)Cc2cc(NC(=O)NC3CCCCC3)ccc2O[C@@H]1CN(C)C(=O)Nc1ccc(C(F)(F)F)cc1. The molecular weight excluding hydrogens is 591 g/mol. The number of anilines is 2. The first-order valence-corrected chi connectivity index (χ1v) is 15.3. The molecule has 0 spiro atoms. The summed E-state index contributed by atoms with van der Waals surface area (Å²) in [4.78, 5) is 42.1. The van der Waals surface area contributed by atoms with Gasteiger partial charge in [-0.3, -0.25) is 4.79 Å². The topological polar surface area (TPSA) is 123 Å². The average molecular weight is 634 g/mol. The second-order valence-corrected chi connectivity index (χ2v) is 12.0. The summed E-state index contributed by atoms with van der Waals surface area (Å²) in [5, 5.41) is 18.4. The number of aliphatic hydroxyl groups is 1. The number of nitrogens with one attached hydrogen (secondary N) is 3. The first-order valence-electron chi connectivity index (χ1n) is 15.3. The smallest absolute Gasteiger partial charge is 0.416 e. The van der Waals surface area contributed by atoms with Gasteiger partial charge in [0.05, 0.1) is 31.2 Å². The Hall–Kier alpha value is -4.00. The van der Waals surface area contributed by atoms with E-state index in [0.29, 0.717) is 17.0 Å². The number of aliphatic hydroxyl groups excluding tert-OH is 1. The van der Waals surface area contributed by atoms with Crippen molar-refractivity contribution in [3.05, 3.63) is 53.6 Å². The Morgan fingerprint density at radius 1 is 1.07 bits per heavy atom. The molecule has 4 rings (SSSR count). The van der Waals surface area contributed by atoms with E-state index >= 15 is 0 Å². The Labute approximate surface area is 261 Å². The van der Waals surface area contributed by atoms with Gasteiger partial charge in [0, 0.05) is 42.5 Å². The Morgan fingerprint density at radius 3 is 2.38 bits per heavy atom. The average Bonchev–Trinajstić information content (AvgIpc) is 3.04. The lowest BCUT2D eigenvalue weighted by Crippen LogP contribution is -2.48. The molecule has 2 aromatic rings. The molecule has 1 saturated carbocycles. The van der Waals surface area contributed by atoms with Gasteiger partial charge in [0.15, 0.2) is 0 Å². The molecule has 2 aliphatic rings. The number of rotatable bonds is 7. The molecule has 13 heteroatoms. The number of carbonyl (C=O) groups is 3. The van der Waals surface area contributed by atoms with Gasteiger partial charge in [0.25, 0.3) is 0 Å². The van der Waals surface area contributed by atoms with Crippen molar-refractivity contribution < 1.29 is 37.4 Å². The molecule has 1 aliphatic carbocycles. The minimum absolute atomic E-state index is 0.0247. The van der Waals surface area contributed by atoms with E-state index in [1.807, 2.05) is 6.92 Å². The molecule has 1 aliphatic heterocycles. The van der Waals surface area contributed by atoms with Crippen LogP contribution in [0.3, 0.4) is 0 Å². The number of fused-ring (bicyclic) bond motifs is 1. The van der Waals surface area contributed by atoms with Gasteiger partial charge in [-0.25, -0.2) is 9.59 Å². The third-order valence-electron chi connectivity index (χ3n) is 8.38. The standard InChI is InChI=1S/C32H42F3N5O5/c1-20-17-40(21(2)19-41)29(42)16-22-15-26(37-30(43)36-24-7-5-4-6-8-24)13-14-27(22)45-28(20)18-39(3)31(44)38-25-11-9-23(10-12-25)32(33,34)35/h9-15,20-21,24,28,41H,4-8,16-19H2,1-3H3,(H,38,44)(H2,36,37,43)/t20-,21-,28+/m0/s1. The third kappa shape index (κ3) is 9.25. The largest absolute Gasteiger partial charge is 0.488 e. The molecule has 0 saturated heterocycles. The molecule has 10 nitrogen and oxygen atoms in total. The second kappa shape index (κ2) is 14.9. The monoisotopic (exact) mass is 633 g/mol. The summed E-state index contributed by atoms with van der Waals surface area (Å²) < 4.78 is 45.2. The minimum Gasteiger partial charge on any atom is -0.488 e. The summed E-state index contributed by atoms with van der Waals surface area (Å²) in [5.74, 6) is -0.0751. The summed E-state index contributed by atoms with van der Waals surface area (Å²) in [6.45, 7) is 3.73. The molecule has 4 N–H and O–H groups in total. The van der Waals surface area contributed by atoms with E-state index in [1.54, 1.807) is 37.1 Å². The van der Waals surface area contributed by atoms with E-state index in [-0.39, 0.29) is 55.7 Å². The second-order valence-electron chi connectivity index (χ2n) is 12.0. The van der Waals surface area contributed by atoms with Crippen LogP contribution in [0, 0.1) is 5.92 Å². The van der Waals surface area contributed by atoms with Gasteiger partial charge < -0.3 is 35.6 Å². The summed E-state index contributed by atoms with van der Waals surface area (Å²) in [6.07, 6.45) is 0.104. The quantitative estimate of drug-likeness (QED) is 0.322. The van der Waals surface area contributed by atoms with Crippen LogP contribution in [0.4, 0.5) is 34.1 Å². The lowest BCUT2D eigenvalue weighted by Gasteiger charge is -2.34. The number of halogens is 3. The highest BCUT2D eigenvalue weighted by molar-refractivity contribution is 5.90. The van der Waals surface area contributed by atoms with Crippen molar-refractivity contribution in [3.63, 3.8) is 0 Å². The maximum Gasteiger partial charge on any atom is 0.416 e. The molecule has 1 fully saturated rings. The maximum absolute atomic E-state index is 13.5. The Morgan fingerprint density at radius 2 is 1.73 bits per heavy atom. The highest BCUT2D eigenvalue weighted by Crippen LogP contribution is 2.31. The molecule has 3 atom stereocenters. The fourth-order valence-corrected chi connectivity index (χ4v) is 5.64. The number of hydrogen-bond acceptors (Lipinski definition) is 5. The Kier molecular flexibility index (Phi) is 11.2. The summed E-state index contributed by atoms with van der Waals surface area (Å²) in [6, 6.07) is 8.03. The third-order valence-corrected chi connectivity index (χ3v) is 8.38. The number of ether oxygens (including phenoxy) is 1. The molecule has 0 radical (unpaired) electrons. The number of urea groups is 2. The molecule has 2 aromatic carbocycles. The van der Waals surface area contributed by atoms with Crippen LogP contribution >= 0.6 is 0 Å². The van der Waals surface area contributed by atoms with E-state index in [9.17, 15) is 32.7 Å². The van der Waals surface area contributed by atoms with Gasteiger partial charge in [-0.05, 0) is 62.2 Å². The van der Waals surface area contributed by atoms with Crippen molar-refractivity contribution >= 4 is 29.3 Å². The van der Waals surface area contributed by atoms with Crippen LogP contribution in [0.5, 0.6) is 5.75 Å². The molecule has 0 bridgehead atoms. The van der Waals surface area contributed by atoms with Gasteiger partial charge in [-0.2, -0.15) is 13.2 Å². The number of carbonyl (C=O) groups excluding carboxylic acids is 3. The summed E-state index contributed by atoms with van der Waals surface area (Å²) in [5.41, 5.74) is 0.424. The lowest BCUT2D eigenvalue weighted by atomic mass is 9.96. The zero-order valence-corrected chi connectivity index (χ0v) is 25.8. The summed E-state index contributed by atoms with van der Waals surface area (Å²) in [7, 11) is 1.54. The van der Waals surface area contributed by atoms with Gasteiger partial charge in [-0.15, -0.1) is 0 Å². The van der Waals surface area contributed by atoms with E-state index in [1.165, 1.54) is 23.5 Å². The fraction of sp³-hybridized carbons (Fsp3) is 0.531. The number of likely N-dealkylation sites (N-methyl/N-ethyl adjacent to an activating group) is 1. The molecular formula is C32H42F3N5O5. The number of benzene rings is 2. The molecule has 1 heterocycles. The molecule has 0 unspecified atom stereocenters. The number of nitrogens with zero attached hydrogens (tertiary/aromatic N) is 2. The van der Waals surface area contributed by atoms with Crippen molar-refractivity contribution in [2.24, 2.45) is 5.92 Å². The zero-order chi connectivity index (χ0) is 32.7. The highest BCUT2D eigenvalue weighted by Gasteiger charge is 2.33. The normalized spacial score (nSPS) is 20.1. The highest BCUT2D eigenvalue weighted by atomic mass is 19.4. The Bertz CT molecular complexity index is 1330. The predicted molar refractivity (Wildman–Crippen MR) is 164 cm³/mol. The van der Waals surface area contributed by atoms with Crippen LogP contribution in [-0.4, -0.2) is 77.8 Å². The van der Waals surface area contributed by atoms with E-state index in [4.69, 9.17) is 4.74 Å². The van der Waals surface area contributed by atoms with Crippen molar-refractivity contribution in [3.8, 4) is 5.75 Å². The predicted octanol–water partition coefficient (Wildman–Crippen LogP) is 5.47. The first kappa shape index (κ1) is 33.9. The maximum atomic E-state index is 13.5. The van der Waals surface area contributed by atoms with Crippen LogP contribution in [0.2, 0.25) is 0 Å². The van der Waals surface area contributed by atoms with E-state index in [0.717, 1.165) is 37.8 Å². The minimum atomic E-state index is -4.49. The zero-order valence-electron chi connectivity index (χ0n) is 25.8. The van der Waals surface area contributed by atoms with Gasteiger partial charge in [0.2, 0.25) is 5.91 Å². The van der Waals surface area contributed by atoms with Crippen molar-refractivity contribution in [2.75, 3.05) is 37.4 Å². The van der Waals surface area contributed by atoms with E-state index in [2.05, 4.69) is 16.0 Å². The van der Waals surface area contributed by atoms with Gasteiger partial charge >= 0.3 is 18.2 Å². The van der Waals surface area contributed by atoms with Crippen molar-refractivity contribution in [2.45, 2.75) is 76.7 Å². The van der Waals surface area contributed by atoms with Crippen LogP contribution < -0.4 is 20.7 Å². The number of alkyl halides is 3. The van der Waals surface area contributed by atoms with Gasteiger partial charge in [0.1, 0.15) is 11.9 Å². The lowest BCUT2D eigenvalue weighted by molar-refractivity contribution is -0.137. The number of amides is 5. The Balaban J connectivity index is 1.51. The molecule has 246 valence electrons. The van der Waals surface area contributed by atoms with E-state index < -0.39 is 29.9 Å². The number of hydrogen-bond donors (Lipinski definition) is 4. The molecule has 45 heavy (non-hydrogen) atoms. The first-order chi connectivity index (χ1) is 21.3. The van der Waals surface area contributed by atoms with Gasteiger partial charge in [-0.1, -0.05) is 26.2 Å².